The molecule has 2 heteroatoms. The van der Waals surface area contributed by atoms with Gasteiger partial charge in [0, 0.05) is 11.4 Å². The second kappa shape index (κ2) is 5.38. The Labute approximate surface area is 115 Å². The number of benzene rings is 1. The third-order valence-electron chi connectivity index (χ3n) is 4.37. The highest BCUT2D eigenvalue weighted by Gasteiger charge is 2.21. The fraction of sp³-hybridized carbons (Fsp3) is 0.529. The number of fused-ring (bicyclic) bond motifs is 1. The molecule has 2 nitrogen and oxygen atoms in total. The summed E-state index contributed by atoms with van der Waals surface area (Å²) in [5.74, 6) is 1.96. The van der Waals surface area contributed by atoms with Crippen LogP contribution in [0.2, 0.25) is 0 Å². The van der Waals surface area contributed by atoms with Gasteiger partial charge >= 0.3 is 0 Å². The van der Waals surface area contributed by atoms with Crippen LogP contribution in [0.25, 0.3) is 11.0 Å². The van der Waals surface area contributed by atoms with Crippen LogP contribution in [0.15, 0.2) is 34.7 Å². The van der Waals surface area contributed by atoms with Gasteiger partial charge in [0.15, 0.2) is 0 Å². The quantitative estimate of drug-likeness (QED) is 0.865. The van der Waals surface area contributed by atoms with Gasteiger partial charge in [-0.3, -0.25) is 0 Å². The van der Waals surface area contributed by atoms with E-state index in [1.54, 1.807) is 0 Å². The predicted octanol–water partition coefficient (Wildman–Crippen LogP) is 4.66. The minimum absolute atomic E-state index is 0.297. The first-order chi connectivity index (χ1) is 9.22. The molecule has 1 aliphatic rings. The molecule has 0 saturated heterocycles. The third-order valence-corrected chi connectivity index (χ3v) is 4.37. The highest BCUT2D eigenvalue weighted by molar-refractivity contribution is 5.77. The molecule has 1 fully saturated rings. The van der Waals surface area contributed by atoms with Gasteiger partial charge in [0.2, 0.25) is 0 Å². The molecule has 1 heterocycles. The molecule has 3 rings (SSSR count). The van der Waals surface area contributed by atoms with Crippen LogP contribution in [-0.4, -0.2) is 6.04 Å². The summed E-state index contributed by atoms with van der Waals surface area (Å²) in [7, 11) is 0. The van der Waals surface area contributed by atoms with Crippen LogP contribution in [-0.2, 0) is 0 Å². The standard InChI is InChI=1S/C17H23NO/c1-12-7-9-15(10-8-12)18-13(2)17-11-14-5-3-4-6-16(14)19-17/h3-6,11-13,15,18H,7-10H2,1-2H3. The van der Waals surface area contributed by atoms with Gasteiger partial charge in [-0.25, -0.2) is 0 Å². The van der Waals surface area contributed by atoms with Crippen LogP contribution >= 0.6 is 0 Å². The Balaban J connectivity index is 1.68. The Bertz CT molecular complexity index is 504. The molecule has 1 aromatic heterocycles. The molecule has 1 unspecified atom stereocenters. The minimum atomic E-state index is 0.297. The average Bonchev–Trinajstić information content (AvgIpc) is 2.85. The fourth-order valence-corrected chi connectivity index (χ4v) is 3.08. The molecule has 1 aromatic carbocycles. The Morgan fingerprint density at radius 3 is 2.63 bits per heavy atom. The first kappa shape index (κ1) is 12.7. The normalized spacial score (nSPS) is 25.6. The van der Waals surface area contributed by atoms with Crippen molar-refractivity contribution in [3.05, 3.63) is 36.1 Å². The van der Waals surface area contributed by atoms with Gasteiger partial charge in [-0.1, -0.05) is 25.1 Å². The number of para-hydroxylation sites is 1. The highest BCUT2D eigenvalue weighted by atomic mass is 16.3. The van der Waals surface area contributed by atoms with Crippen LogP contribution in [0.5, 0.6) is 0 Å². The summed E-state index contributed by atoms with van der Waals surface area (Å²) >= 11 is 0. The molecule has 0 radical (unpaired) electrons. The molecule has 102 valence electrons. The van der Waals surface area contributed by atoms with Crippen LogP contribution in [0.1, 0.15) is 51.3 Å². The molecular weight excluding hydrogens is 234 g/mol. The van der Waals surface area contributed by atoms with Crippen molar-refractivity contribution in [3.8, 4) is 0 Å². The predicted molar refractivity (Wildman–Crippen MR) is 79.2 cm³/mol. The van der Waals surface area contributed by atoms with Crippen LogP contribution < -0.4 is 5.32 Å². The van der Waals surface area contributed by atoms with Gasteiger partial charge in [-0.15, -0.1) is 0 Å². The van der Waals surface area contributed by atoms with Crippen molar-refractivity contribution in [2.45, 2.75) is 51.6 Å². The van der Waals surface area contributed by atoms with Gasteiger partial charge in [0.25, 0.3) is 0 Å². The second-order valence-corrected chi connectivity index (χ2v) is 6.03. The average molecular weight is 257 g/mol. The number of rotatable bonds is 3. The zero-order valence-corrected chi connectivity index (χ0v) is 11.9. The third kappa shape index (κ3) is 2.84. The van der Waals surface area contributed by atoms with Crippen LogP contribution in [0.4, 0.5) is 0 Å². The van der Waals surface area contributed by atoms with Crippen molar-refractivity contribution in [1.29, 1.82) is 0 Å². The SMILES string of the molecule is CC1CCC(NC(C)c2cc3ccccc3o2)CC1. The molecule has 2 aromatic rings. The van der Waals surface area contributed by atoms with Crippen molar-refractivity contribution in [2.24, 2.45) is 5.92 Å². The first-order valence-electron chi connectivity index (χ1n) is 7.47. The number of furan rings is 1. The van der Waals surface area contributed by atoms with E-state index in [0.717, 1.165) is 17.3 Å². The summed E-state index contributed by atoms with van der Waals surface area (Å²) in [6, 6.07) is 11.3. The lowest BCUT2D eigenvalue weighted by Gasteiger charge is -2.29. The van der Waals surface area contributed by atoms with Crippen LogP contribution in [0.3, 0.4) is 0 Å². The Kier molecular flexibility index (Phi) is 3.61. The van der Waals surface area contributed by atoms with E-state index in [2.05, 4.69) is 37.4 Å². The molecule has 19 heavy (non-hydrogen) atoms. The van der Waals surface area contributed by atoms with Crippen molar-refractivity contribution >= 4 is 11.0 Å². The Morgan fingerprint density at radius 2 is 1.89 bits per heavy atom. The van der Waals surface area contributed by atoms with Gasteiger partial charge in [-0.2, -0.15) is 0 Å². The summed E-state index contributed by atoms with van der Waals surface area (Å²) in [5.41, 5.74) is 0.989. The maximum Gasteiger partial charge on any atom is 0.134 e. The van der Waals surface area contributed by atoms with Crippen molar-refractivity contribution in [2.75, 3.05) is 0 Å². The molecule has 1 N–H and O–H groups in total. The zero-order chi connectivity index (χ0) is 13.2. The first-order valence-corrected chi connectivity index (χ1v) is 7.47. The summed E-state index contributed by atoms with van der Waals surface area (Å²) in [5, 5.41) is 4.92. The molecule has 1 saturated carbocycles. The molecular formula is C17H23NO. The Hall–Kier alpha value is -1.28. The number of hydrogen-bond donors (Lipinski definition) is 1. The van der Waals surface area contributed by atoms with Gasteiger partial charge in [0.05, 0.1) is 6.04 Å². The summed E-state index contributed by atoms with van der Waals surface area (Å²) in [6.45, 7) is 4.56. The maximum atomic E-state index is 5.93. The van der Waals surface area contributed by atoms with E-state index in [-0.39, 0.29) is 0 Å². The van der Waals surface area contributed by atoms with E-state index in [9.17, 15) is 0 Å². The lowest BCUT2D eigenvalue weighted by atomic mass is 9.87. The molecule has 1 atom stereocenters. The van der Waals surface area contributed by atoms with Crippen molar-refractivity contribution in [1.82, 2.24) is 5.32 Å². The molecule has 0 spiro atoms. The summed E-state index contributed by atoms with van der Waals surface area (Å²) < 4.78 is 5.93. The number of nitrogens with one attached hydrogen (secondary N) is 1. The van der Waals surface area contributed by atoms with E-state index in [1.165, 1.54) is 31.1 Å². The highest BCUT2D eigenvalue weighted by Crippen LogP contribution is 2.27. The topological polar surface area (TPSA) is 25.2 Å². The fourth-order valence-electron chi connectivity index (χ4n) is 3.08. The van der Waals surface area contributed by atoms with Gasteiger partial charge in [-0.05, 0) is 50.7 Å². The number of hydrogen-bond acceptors (Lipinski definition) is 2. The lowest BCUT2D eigenvalue weighted by Crippen LogP contribution is -2.34. The lowest BCUT2D eigenvalue weighted by molar-refractivity contribution is 0.282. The van der Waals surface area contributed by atoms with Crippen molar-refractivity contribution < 1.29 is 4.42 Å². The maximum absolute atomic E-state index is 5.93. The smallest absolute Gasteiger partial charge is 0.134 e. The second-order valence-electron chi connectivity index (χ2n) is 6.03. The molecule has 0 aliphatic heterocycles. The van der Waals surface area contributed by atoms with E-state index >= 15 is 0 Å². The van der Waals surface area contributed by atoms with Gasteiger partial charge < -0.3 is 9.73 Å². The van der Waals surface area contributed by atoms with E-state index in [1.807, 2.05) is 12.1 Å². The largest absolute Gasteiger partial charge is 0.459 e. The zero-order valence-electron chi connectivity index (χ0n) is 11.9. The van der Waals surface area contributed by atoms with Crippen molar-refractivity contribution in [3.63, 3.8) is 0 Å². The van der Waals surface area contributed by atoms with Crippen LogP contribution in [0, 0.1) is 5.92 Å². The van der Waals surface area contributed by atoms with E-state index in [0.29, 0.717) is 12.1 Å². The summed E-state index contributed by atoms with van der Waals surface area (Å²) in [4.78, 5) is 0. The van der Waals surface area contributed by atoms with E-state index < -0.39 is 0 Å². The molecule has 1 aliphatic carbocycles. The Morgan fingerprint density at radius 1 is 1.16 bits per heavy atom. The van der Waals surface area contributed by atoms with Gasteiger partial charge in [0.1, 0.15) is 11.3 Å². The van der Waals surface area contributed by atoms with E-state index in [4.69, 9.17) is 4.42 Å². The molecule has 0 amide bonds. The summed E-state index contributed by atoms with van der Waals surface area (Å²) in [6.07, 6.45) is 5.30. The monoisotopic (exact) mass is 257 g/mol. The minimum Gasteiger partial charge on any atom is -0.459 e. The molecule has 0 bridgehead atoms.